The molecular weight excluding hydrogens is 388 g/mol. The van der Waals surface area contributed by atoms with Crippen molar-refractivity contribution in [3.05, 3.63) is 48.2 Å². The van der Waals surface area contributed by atoms with E-state index in [4.69, 9.17) is 24.7 Å². The molecule has 0 saturated carbocycles. The lowest BCUT2D eigenvalue weighted by atomic mass is 10.0. The van der Waals surface area contributed by atoms with Crippen molar-refractivity contribution in [1.82, 2.24) is 10.3 Å². The Morgan fingerprint density at radius 2 is 1.50 bits per heavy atom. The number of ether oxygens (including phenoxy) is 4. The summed E-state index contributed by atoms with van der Waals surface area (Å²) in [6, 6.07) is 10.6. The van der Waals surface area contributed by atoms with Gasteiger partial charge < -0.3 is 24.7 Å². The summed E-state index contributed by atoms with van der Waals surface area (Å²) in [6.07, 6.45) is 1.48. The van der Waals surface area contributed by atoms with Gasteiger partial charge in [-0.15, -0.1) is 0 Å². The number of carbonyl (C=O) groups excluding carboxylic acids is 1. The molecule has 1 amide bonds. The Labute approximate surface area is 173 Å². The van der Waals surface area contributed by atoms with Crippen molar-refractivity contribution >= 4 is 28.5 Å². The van der Waals surface area contributed by atoms with Crippen LogP contribution in [-0.2, 0) is 0 Å². The molecule has 0 saturated heterocycles. The lowest BCUT2D eigenvalue weighted by Gasteiger charge is -2.19. The highest BCUT2D eigenvalue weighted by molar-refractivity contribution is 6.15. The average molecular weight is 410 g/mol. The smallest absolute Gasteiger partial charge is 0.258 e. The van der Waals surface area contributed by atoms with Gasteiger partial charge in [-0.2, -0.15) is 0 Å². The third kappa shape index (κ3) is 3.77. The molecule has 156 valence electrons. The number of guanidine groups is 1. The van der Waals surface area contributed by atoms with Crippen molar-refractivity contribution in [2.45, 2.75) is 0 Å². The molecule has 0 atom stereocenters. The molecule has 0 aliphatic carbocycles. The molecule has 0 unspecified atom stereocenters. The molecule has 3 N–H and O–H groups in total. The molecule has 0 fully saturated rings. The lowest BCUT2D eigenvalue weighted by Crippen LogP contribution is -2.36. The topological polar surface area (TPSA) is 117 Å². The molecule has 0 bridgehead atoms. The molecule has 0 radical (unpaired) electrons. The van der Waals surface area contributed by atoms with Gasteiger partial charge in [0, 0.05) is 6.20 Å². The van der Waals surface area contributed by atoms with Crippen LogP contribution in [0.5, 0.6) is 23.0 Å². The first-order valence-electron chi connectivity index (χ1n) is 8.90. The summed E-state index contributed by atoms with van der Waals surface area (Å²) in [5.41, 5.74) is 7.16. The number of amides is 1. The van der Waals surface area contributed by atoms with Crippen LogP contribution in [0.2, 0.25) is 0 Å². The predicted molar refractivity (Wildman–Crippen MR) is 113 cm³/mol. The molecule has 2 aromatic carbocycles. The van der Waals surface area contributed by atoms with E-state index in [9.17, 15) is 4.79 Å². The normalized spacial score (nSPS) is 11.1. The highest BCUT2D eigenvalue weighted by Gasteiger charge is 2.27. The fourth-order valence-electron chi connectivity index (χ4n) is 3.09. The minimum absolute atomic E-state index is 0.0532. The summed E-state index contributed by atoms with van der Waals surface area (Å²) in [7, 11) is 5.88. The first-order chi connectivity index (χ1) is 14.5. The number of nitrogens with two attached hydrogens (primary N) is 1. The maximum absolute atomic E-state index is 13.0. The summed E-state index contributed by atoms with van der Waals surface area (Å²) in [6.45, 7) is 0. The Hall–Kier alpha value is -4.01. The Morgan fingerprint density at radius 3 is 2.10 bits per heavy atom. The second-order valence-corrected chi connectivity index (χ2v) is 6.00. The number of hydrogen-bond donors (Lipinski definition) is 2. The van der Waals surface area contributed by atoms with E-state index in [1.165, 1.54) is 34.6 Å². The number of methoxy groups -OCH3 is 4. The van der Waals surface area contributed by atoms with E-state index in [1.54, 1.807) is 18.2 Å². The van der Waals surface area contributed by atoms with Crippen LogP contribution in [0, 0.1) is 0 Å². The maximum Gasteiger partial charge on any atom is 0.258 e. The van der Waals surface area contributed by atoms with Gasteiger partial charge in [0.05, 0.1) is 45.1 Å². The fourth-order valence-corrected chi connectivity index (χ4v) is 3.09. The number of pyridine rings is 1. The minimum Gasteiger partial charge on any atom is -0.492 e. The number of fused-ring (bicyclic) bond motifs is 1. The van der Waals surface area contributed by atoms with E-state index in [1.807, 2.05) is 18.2 Å². The van der Waals surface area contributed by atoms with Crippen LogP contribution in [0.25, 0.3) is 10.9 Å². The zero-order valence-corrected chi connectivity index (χ0v) is 17.1. The van der Waals surface area contributed by atoms with Gasteiger partial charge in [-0.1, -0.05) is 18.2 Å². The highest BCUT2D eigenvalue weighted by atomic mass is 16.5. The summed E-state index contributed by atoms with van der Waals surface area (Å²) < 4.78 is 21.9. The molecule has 3 aromatic rings. The Kier molecular flexibility index (Phi) is 6.21. The Bertz CT molecular complexity index is 1100. The summed E-state index contributed by atoms with van der Waals surface area (Å²) >= 11 is 0. The number of benzene rings is 2. The van der Waals surface area contributed by atoms with Crippen LogP contribution < -0.4 is 30.0 Å². The average Bonchev–Trinajstić information content (AvgIpc) is 2.77. The number of aromatic nitrogens is 1. The van der Waals surface area contributed by atoms with Gasteiger partial charge in [0.15, 0.2) is 11.5 Å². The van der Waals surface area contributed by atoms with Crippen LogP contribution in [0.1, 0.15) is 10.4 Å². The van der Waals surface area contributed by atoms with Crippen molar-refractivity contribution in [2.24, 2.45) is 10.7 Å². The van der Waals surface area contributed by atoms with Crippen molar-refractivity contribution in [1.29, 1.82) is 0 Å². The van der Waals surface area contributed by atoms with E-state index in [0.717, 1.165) is 0 Å². The second kappa shape index (κ2) is 8.99. The van der Waals surface area contributed by atoms with E-state index in [0.29, 0.717) is 28.1 Å². The number of rotatable bonds is 6. The van der Waals surface area contributed by atoms with Crippen LogP contribution in [0.4, 0.5) is 5.69 Å². The van der Waals surface area contributed by atoms with Gasteiger partial charge in [-0.05, 0) is 18.2 Å². The molecule has 3 rings (SSSR count). The molecule has 0 aliphatic rings. The third-order valence-electron chi connectivity index (χ3n) is 4.32. The number of aliphatic imine (C=N–C) groups is 1. The number of nitrogens with one attached hydrogen (secondary N) is 1. The minimum atomic E-state index is -0.493. The van der Waals surface area contributed by atoms with E-state index >= 15 is 0 Å². The van der Waals surface area contributed by atoms with Crippen LogP contribution >= 0.6 is 0 Å². The highest BCUT2D eigenvalue weighted by Crippen LogP contribution is 2.50. The summed E-state index contributed by atoms with van der Waals surface area (Å²) in [5.74, 6) is 0.624. The lowest BCUT2D eigenvalue weighted by molar-refractivity contribution is 0.0978. The Balaban J connectivity index is 2.14. The number of para-hydroxylation sites is 1. The van der Waals surface area contributed by atoms with Gasteiger partial charge in [0.2, 0.25) is 17.5 Å². The number of nitrogens with zero attached hydrogens (tertiary/aromatic N) is 2. The van der Waals surface area contributed by atoms with Crippen LogP contribution in [0.15, 0.2) is 47.6 Å². The maximum atomic E-state index is 13.0. The number of hydrogen-bond acceptors (Lipinski definition) is 7. The molecular formula is C21H22N4O5. The molecule has 9 heteroatoms. The predicted octanol–water partition coefficient (Wildman–Crippen LogP) is 2.65. The van der Waals surface area contributed by atoms with Crippen molar-refractivity contribution in [2.75, 3.05) is 28.4 Å². The molecule has 9 nitrogen and oxygen atoms in total. The summed E-state index contributed by atoms with van der Waals surface area (Å²) in [5, 5.41) is 2.97. The van der Waals surface area contributed by atoms with Crippen molar-refractivity contribution < 1.29 is 23.7 Å². The molecule has 0 spiro atoms. The van der Waals surface area contributed by atoms with E-state index in [2.05, 4.69) is 15.3 Å². The monoisotopic (exact) mass is 410 g/mol. The van der Waals surface area contributed by atoms with Crippen molar-refractivity contribution in [3.8, 4) is 23.0 Å². The molecule has 1 heterocycles. The molecule has 0 aliphatic heterocycles. The quantitative estimate of drug-likeness (QED) is 0.474. The van der Waals surface area contributed by atoms with Crippen molar-refractivity contribution in [3.63, 3.8) is 0 Å². The zero-order chi connectivity index (χ0) is 21.7. The van der Waals surface area contributed by atoms with Gasteiger partial charge in [-0.25, -0.2) is 4.99 Å². The second-order valence-electron chi connectivity index (χ2n) is 6.00. The largest absolute Gasteiger partial charge is 0.492 e. The van der Waals surface area contributed by atoms with E-state index in [-0.39, 0.29) is 23.0 Å². The van der Waals surface area contributed by atoms with E-state index < -0.39 is 5.91 Å². The van der Waals surface area contributed by atoms with Crippen LogP contribution in [0.3, 0.4) is 0 Å². The SMILES string of the molecule is COc1c(OC)c(OC)c2c(C(=O)NC(N)=Nc3ccccc3)ccnc2c1OC. The fraction of sp³-hybridized carbons (Fsp3) is 0.190. The molecule has 1 aromatic heterocycles. The first kappa shape index (κ1) is 20.7. The number of carbonyl (C=O) groups is 1. The van der Waals surface area contributed by atoms with Gasteiger partial charge in [-0.3, -0.25) is 15.1 Å². The molecule has 30 heavy (non-hydrogen) atoms. The first-order valence-corrected chi connectivity index (χ1v) is 8.90. The van der Waals surface area contributed by atoms with Crippen LogP contribution in [-0.4, -0.2) is 45.3 Å². The standard InChI is InChI=1S/C21H22N4O5/c1-27-16-14-13(20(26)25-21(22)24-12-8-6-5-7-9-12)10-11-23-15(14)17(28-2)19(30-4)18(16)29-3/h5-11H,1-4H3,(H3,22,24,25,26). The third-order valence-corrected chi connectivity index (χ3v) is 4.32. The van der Waals surface area contributed by atoms with Gasteiger partial charge >= 0.3 is 0 Å². The summed E-state index contributed by atoms with van der Waals surface area (Å²) in [4.78, 5) is 21.6. The Morgan fingerprint density at radius 1 is 0.900 bits per heavy atom. The van der Waals surface area contributed by atoms with Gasteiger partial charge in [0.25, 0.3) is 5.91 Å². The zero-order valence-electron chi connectivity index (χ0n) is 17.1. The van der Waals surface area contributed by atoms with Gasteiger partial charge in [0.1, 0.15) is 5.52 Å².